The molecular weight excluding hydrogens is 360 g/mol. The molecule has 4 aromatic heterocycles. The lowest BCUT2D eigenvalue weighted by Crippen LogP contribution is -2.19. The number of pyridine rings is 1. The molecule has 28 heavy (non-hydrogen) atoms. The number of anilines is 1. The molecule has 4 rings (SSSR count). The second-order valence-corrected chi connectivity index (χ2v) is 6.14. The van der Waals surface area contributed by atoms with Gasteiger partial charge in [-0.3, -0.25) is 4.79 Å². The summed E-state index contributed by atoms with van der Waals surface area (Å²) in [6, 6.07) is 10.2. The van der Waals surface area contributed by atoms with Gasteiger partial charge in [-0.25, -0.2) is 9.97 Å². The molecule has 142 valence electrons. The van der Waals surface area contributed by atoms with Crippen molar-refractivity contribution in [3.8, 4) is 34.0 Å². The molecule has 0 atom stereocenters. The number of nitrogen functional groups attached to an aromatic ring is 1. The molecule has 4 heterocycles. The number of aliphatic hydroxyl groups excluding tert-OH is 1. The van der Waals surface area contributed by atoms with Gasteiger partial charge in [-0.2, -0.15) is 0 Å². The van der Waals surface area contributed by atoms with E-state index in [2.05, 4.69) is 9.97 Å². The van der Waals surface area contributed by atoms with E-state index in [0.29, 0.717) is 47.0 Å². The summed E-state index contributed by atoms with van der Waals surface area (Å²) in [6.45, 7) is 0.391. The lowest BCUT2D eigenvalue weighted by Gasteiger charge is -2.14. The number of aryl methyl sites for hydroxylation is 1. The molecule has 0 aliphatic carbocycles. The van der Waals surface area contributed by atoms with Crippen LogP contribution in [0.1, 0.15) is 6.42 Å². The van der Waals surface area contributed by atoms with Crippen molar-refractivity contribution in [1.29, 1.82) is 0 Å². The van der Waals surface area contributed by atoms with Gasteiger partial charge >= 0.3 is 0 Å². The highest BCUT2D eigenvalue weighted by atomic mass is 16.3. The van der Waals surface area contributed by atoms with Gasteiger partial charge in [-0.15, -0.1) is 0 Å². The van der Waals surface area contributed by atoms with Crippen LogP contribution in [-0.4, -0.2) is 26.2 Å². The first-order valence-corrected chi connectivity index (χ1v) is 8.74. The van der Waals surface area contributed by atoms with Gasteiger partial charge in [-0.05, 0) is 36.8 Å². The van der Waals surface area contributed by atoms with Crippen LogP contribution in [0.2, 0.25) is 0 Å². The van der Waals surface area contributed by atoms with Crippen LogP contribution in [0, 0.1) is 0 Å². The third kappa shape index (κ3) is 3.33. The zero-order chi connectivity index (χ0) is 19.5. The fraction of sp³-hybridized carbons (Fsp3) is 0.150. The number of hydrogen-bond donors (Lipinski definition) is 2. The molecule has 0 saturated heterocycles. The predicted molar refractivity (Wildman–Crippen MR) is 103 cm³/mol. The van der Waals surface area contributed by atoms with Crippen molar-refractivity contribution >= 4 is 5.95 Å². The van der Waals surface area contributed by atoms with Gasteiger partial charge in [0.05, 0.1) is 12.5 Å². The number of aromatic nitrogens is 3. The first-order valence-electron chi connectivity index (χ1n) is 8.74. The maximum atomic E-state index is 12.2. The molecule has 4 aromatic rings. The molecule has 8 nitrogen and oxygen atoms in total. The summed E-state index contributed by atoms with van der Waals surface area (Å²) in [6.07, 6.45) is 5.28. The zero-order valence-corrected chi connectivity index (χ0v) is 14.9. The quantitative estimate of drug-likeness (QED) is 0.529. The highest BCUT2D eigenvalue weighted by molar-refractivity contribution is 5.89. The Morgan fingerprint density at radius 2 is 1.64 bits per heavy atom. The SMILES string of the molecule is Nc1nc(-c2ccco2)c(-c2ccc(=O)n(CCCO)c2)c(-c2ccco2)n1. The smallest absolute Gasteiger partial charge is 0.250 e. The number of hydrogen-bond acceptors (Lipinski definition) is 7. The number of furan rings is 2. The molecule has 0 amide bonds. The van der Waals surface area contributed by atoms with Crippen LogP contribution in [0.5, 0.6) is 0 Å². The van der Waals surface area contributed by atoms with Crippen molar-refractivity contribution < 1.29 is 13.9 Å². The molecule has 0 aromatic carbocycles. The zero-order valence-electron chi connectivity index (χ0n) is 14.9. The second-order valence-electron chi connectivity index (χ2n) is 6.14. The number of nitrogens with zero attached hydrogens (tertiary/aromatic N) is 3. The van der Waals surface area contributed by atoms with Crippen LogP contribution in [-0.2, 0) is 6.54 Å². The maximum Gasteiger partial charge on any atom is 0.250 e. The van der Waals surface area contributed by atoms with Crippen molar-refractivity contribution in [2.75, 3.05) is 12.3 Å². The fourth-order valence-corrected chi connectivity index (χ4v) is 3.03. The van der Waals surface area contributed by atoms with Crippen molar-refractivity contribution in [2.45, 2.75) is 13.0 Å². The minimum Gasteiger partial charge on any atom is -0.463 e. The Labute approximate surface area is 159 Å². The van der Waals surface area contributed by atoms with Gasteiger partial charge in [0, 0.05) is 36.5 Å². The molecule has 0 fully saturated rings. The van der Waals surface area contributed by atoms with Gasteiger partial charge in [0.25, 0.3) is 5.56 Å². The third-order valence-corrected chi connectivity index (χ3v) is 4.26. The van der Waals surface area contributed by atoms with E-state index in [1.807, 2.05) is 0 Å². The molecule has 8 heteroatoms. The normalized spacial score (nSPS) is 11.0. The van der Waals surface area contributed by atoms with E-state index in [1.165, 1.54) is 6.07 Å². The van der Waals surface area contributed by atoms with E-state index in [0.717, 1.165) is 0 Å². The standard InChI is InChI=1S/C20H18N4O4/c21-20-22-18(14-4-1-10-27-14)17(19(23-20)15-5-2-11-28-15)13-6-7-16(26)24(12-13)8-3-9-25/h1-2,4-7,10-12,25H,3,8-9H2,(H2,21,22,23). The van der Waals surface area contributed by atoms with E-state index < -0.39 is 0 Å². The Bertz CT molecular complexity index is 1080. The minimum atomic E-state index is -0.160. The van der Waals surface area contributed by atoms with Gasteiger partial charge < -0.3 is 24.2 Å². The summed E-state index contributed by atoms with van der Waals surface area (Å²) in [5, 5.41) is 9.10. The molecule has 0 bridgehead atoms. The molecular formula is C20H18N4O4. The summed E-state index contributed by atoms with van der Waals surface area (Å²) in [5.41, 5.74) is 8.12. The first-order chi connectivity index (χ1) is 13.7. The van der Waals surface area contributed by atoms with Gasteiger partial charge in [0.1, 0.15) is 11.4 Å². The number of aliphatic hydroxyl groups is 1. The summed E-state index contributed by atoms with van der Waals surface area (Å²) in [5.74, 6) is 1.12. The van der Waals surface area contributed by atoms with Crippen LogP contribution >= 0.6 is 0 Å². The minimum absolute atomic E-state index is 0.00304. The van der Waals surface area contributed by atoms with Crippen molar-refractivity contribution in [2.24, 2.45) is 0 Å². The van der Waals surface area contributed by atoms with E-state index >= 15 is 0 Å². The first kappa shape index (κ1) is 17.7. The van der Waals surface area contributed by atoms with E-state index in [-0.39, 0.29) is 18.1 Å². The van der Waals surface area contributed by atoms with Gasteiger partial charge in [-0.1, -0.05) is 0 Å². The summed E-state index contributed by atoms with van der Waals surface area (Å²) in [4.78, 5) is 20.9. The third-order valence-electron chi connectivity index (χ3n) is 4.26. The average molecular weight is 378 g/mol. The molecule has 0 aliphatic heterocycles. The predicted octanol–water partition coefficient (Wildman–Crippen LogP) is 2.79. The topological polar surface area (TPSA) is 120 Å². The summed E-state index contributed by atoms with van der Waals surface area (Å²) >= 11 is 0. The van der Waals surface area contributed by atoms with Crippen LogP contribution < -0.4 is 11.3 Å². The molecule has 0 spiro atoms. The van der Waals surface area contributed by atoms with Crippen molar-refractivity contribution in [3.05, 3.63) is 65.5 Å². The maximum absolute atomic E-state index is 12.2. The Morgan fingerprint density at radius 3 is 2.18 bits per heavy atom. The number of rotatable bonds is 6. The summed E-state index contributed by atoms with van der Waals surface area (Å²) in [7, 11) is 0. The Kier molecular flexibility index (Phi) is 4.77. The molecule has 0 radical (unpaired) electrons. The van der Waals surface area contributed by atoms with E-state index in [4.69, 9.17) is 19.7 Å². The Balaban J connectivity index is 1.98. The van der Waals surface area contributed by atoms with Crippen LogP contribution in [0.15, 0.2) is 68.8 Å². The molecule has 0 saturated carbocycles. The van der Waals surface area contributed by atoms with Crippen LogP contribution in [0.3, 0.4) is 0 Å². The highest BCUT2D eigenvalue weighted by Gasteiger charge is 2.22. The lowest BCUT2D eigenvalue weighted by atomic mass is 10.0. The van der Waals surface area contributed by atoms with Crippen molar-refractivity contribution in [3.63, 3.8) is 0 Å². The van der Waals surface area contributed by atoms with Crippen LogP contribution in [0.4, 0.5) is 5.95 Å². The van der Waals surface area contributed by atoms with Gasteiger partial charge in [0.2, 0.25) is 5.95 Å². The Hall–Kier alpha value is -3.65. The summed E-state index contributed by atoms with van der Waals surface area (Å²) < 4.78 is 12.6. The van der Waals surface area contributed by atoms with E-state index in [9.17, 15) is 4.79 Å². The molecule has 0 aliphatic rings. The molecule has 3 N–H and O–H groups in total. The van der Waals surface area contributed by atoms with Crippen molar-refractivity contribution in [1.82, 2.24) is 14.5 Å². The van der Waals surface area contributed by atoms with Crippen LogP contribution in [0.25, 0.3) is 34.0 Å². The highest BCUT2D eigenvalue weighted by Crippen LogP contribution is 2.38. The second kappa shape index (κ2) is 7.53. The Morgan fingerprint density at radius 1 is 1.00 bits per heavy atom. The van der Waals surface area contributed by atoms with Gasteiger partial charge in [0.15, 0.2) is 11.5 Å². The van der Waals surface area contributed by atoms with E-state index in [1.54, 1.807) is 53.6 Å². The molecule has 0 unspecified atom stereocenters. The number of nitrogens with two attached hydrogens (primary N) is 1. The largest absolute Gasteiger partial charge is 0.463 e. The monoisotopic (exact) mass is 378 g/mol. The lowest BCUT2D eigenvalue weighted by molar-refractivity contribution is 0.279. The fourth-order valence-electron chi connectivity index (χ4n) is 3.03. The average Bonchev–Trinajstić information content (AvgIpc) is 3.41.